The number of amides is 2. The quantitative estimate of drug-likeness (QED) is 0.637. The molecule has 2 N–H and O–H groups in total. The van der Waals surface area contributed by atoms with E-state index in [4.69, 9.17) is 5.73 Å². The molecule has 4 nitrogen and oxygen atoms in total. The van der Waals surface area contributed by atoms with Gasteiger partial charge in [0, 0.05) is 12.8 Å². The van der Waals surface area contributed by atoms with E-state index < -0.39 is 0 Å². The lowest BCUT2D eigenvalue weighted by Crippen LogP contribution is -2.47. The highest BCUT2D eigenvalue weighted by Gasteiger charge is 2.45. The van der Waals surface area contributed by atoms with Crippen molar-refractivity contribution in [1.29, 1.82) is 0 Å². The maximum atomic E-state index is 12.6. The van der Waals surface area contributed by atoms with Crippen molar-refractivity contribution in [3.8, 4) is 0 Å². The number of imide groups is 1. The van der Waals surface area contributed by atoms with E-state index in [1.165, 1.54) is 4.90 Å². The molecule has 0 radical (unpaired) electrons. The molecule has 1 heterocycles. The van der Waals surface area contributed by atoms with E-state index in [1.54, 1.807) is 0 Å². The summed E-state index contributed by atoms with van der Waals surface area (Å²) in [4.78, 5) is 26.4. The van der Waals surface area contributed by atoms with Gasteiger partial charge in [-0.25, -0.2) is 4.90 Å². The summed E-state index contributed by atoms with van der Waals surface area (Å²) in [6.07, 6.45) is 5.22. The highest BCUT2D eigenvalue weighted by atomic mass is 16.2. The van der Waals surface area contributed by atoms with Crippen LogP contribution in [0.2, 0.25) is 0 Å². The van der Waals surface area contributed by atoms with E-state index in [1.807, 2.05) is 26.0 Å². The minimum absolute atomic E-state index is 0.0703. The molecular weight excluding hydrogens is 264 g/mol. The first-order chi connectivity index (χ1) is 9.92. The molecule has 0 unspecified atom stereocenters. The second-order valence-electron chi connectivity index (χ2n) is 6.68. The summed E-state index contributed by atoms with van der Waals surface area (Å²) in [5.41, 5.74) is 9.14. The smallest absolute Gasteiger partial charge is 0.234 e. The Labute approximate surface area is 125 Å². The lowest BCUT2D eigenvalue weighted by atomic mass is 9.76. The maximum absolute atomic E-state index is 12.6. The topological polar surface area (TPSA) is 63.4 Å². The van der Waals surface area contributed by atoms with Crippen molar-refractivity contribution < 1.29 is 9.59 Å². The van der Waals surface area contributed by atoms with Gasteiger partial charge in [0.1, 0.15) is 0 Å². The molecule has 1 aromatic rings. The molecule has 2 amide bonds. The van der Waals surface area contributed by atoms with Crippen LogP contribution >= 0.6 is 0 Å². The summed E-state index contributed by atoms with van der Waals surface area (Å²) < 4.78 is 0. The number of carbonyl (C=O) groups excluding carboxylic acids is 2. The number of anilines is 2. The summed E-state index contributed by atoms with van der Waals surface area (Å²) in [7, 11) is 0. The van der Waals surface area contributed by atoms with Crippen molar-refractivity contribution in [2.75, 3.05) is 10.6 Å². The fraction of sp³-hybridized carbons (Fsp3) is 0.529. The summed E-state index contributed by atoms with van der Waals surface area (Å²) in [5.74, 6) is -0.189. The van der Waals surface area contributed by atoms with Gasteiger partial charge in [0.25, 0.3) is 0 Å². The average molecular weight is 286 g/mol. The van der Waals surface area contributed by atoms with Crippen molar-refractivity contribution in [2.45, 2.75) is 52.4 Å². The number of rotatable bonds is 1. The van der Waals surface area contributed by atoms with E-state index in [9.17, 15) is 9.59 Å². The zero-order chi connectivity index (χ0) is 15.2. The molecule has 1 aliphatic carbocycles. The number of nitrogen functional groups attached to an aromatic ring is 1. The van der Waals surface area contributed by atoms with Crippen molar-refractivity contribution >= 4 is 23.2 Å². The third-order valence-electron chi connectivity index (χ3n) is 5.10. The number of nitrogens with two attached hydrogens (primary N) is 1. The van der Waals surface area contributed by atoms with Crippen LogP contribution in [0.25, 0.3) is 0 Å². The van der Waals surface area contributed by atoms with Gasteiger partial charge in [-0.3, -0.25) is 9.59 Å². The van der Waals surface area contributed by atoms with Gasteiger partial charge in [-0.05, 0) is 55.4 Å². The average Bonchev–Trinajstić information content (AvgIpc) is 2.82. The molecule has 1 aromatic carbocycles. The van der Waals surface area contributed by atoms with Crippen LogP contribution in [0.5, 0.6) is 0 Å². The Morgan fingerprint density at radius 2 is 1.52 bits per heavy atom. The van der Waals surface area contributed by atoms with Crippen molar-refractivity contribution in [3.63, 3.8) is 0 Å². The Morgan fingerprint density at radius 1 is 1.00 bits per heavy atom. The largest absolute Gasteiger partial charge is 0.397 e. The summed E-state index contributed by atoms with van der Waals surface area (Å²) in [6.45, 7) is 3.94. The molecule has 2 aliphatic rings. The van der Waals surface area contributed by atoms with Gasteiger partial charge in [0.15, 0.2) is 0 Å². The van der Waals surface area contributed by atoms with E-state index in [2.05, 4.69) is 0 Å². The first-order valence-corrected chi connectivity index (χ1v) is 7.64. The molecule has 3 rings (SSSR count). The fourth-order valence-electron chi connectivity index (χ4n) is 3.77. The molecule has 2 fully saturated rings. The van der Waals surface area contributed by atoms with Crippen LogP contribution in [0, 0.1) is 19.3 Å². The fourth-order valence-corrected chi connectivity index (χ4v) is 3.77. The van der Waals surface area contributed by atoms with Gasteiger partial charge >= 0.3 is 0 Å². The molecule has 4 heteroatoms. The summed E-state index contributed by atoms with van der Waals surface area (Å²) in [5, 5.41) is 0. The highest BCUT2D eigenvalue weighted by molar-refractivity contribution is 6.18. The van der Waals surface area contributed by atoms with Crippen molar-refractivity contribution in [3.05, 3.63) is 23.3 Å². The number of aryl methyl sites for hydroxylation is 2. The normalized spacial score (nSPS) is 21.3. The summed E-state index contributed by atoms with van der Waals surface area (Å²) >= 11 is 0. The van der Waals surface area contributed by atoms with Gasteiger partial charge < -0.3 is 5.73 Å². The monoisotopic (exact) mass is 286 g/mol. The Morgan fingerprint density at radius 3 is 2.10 bits per heavy atom. The van der Waals surface area contributed by atoms with E-state index >= 15 is 0 Å². The lowest BCUT2D eigenvalue weighted by Gasteiger charge is -2.37. The minimum atomic E-state index is -0.0943. The van der Waals surface area contributed by atoms with Gasteiger partial charge in [-0.2, -0.15) is 0 Å². The van der Waals surface area contributed by atoms with Crippen LogP contribution < -0.4 is 10.6 Å². The van der Waals surface area contributed by atoms with Gasteiger partial charge in [0.05, 0.1) is 11.4 Å². The first-order valence-electron chi connectivity index (χ1n) is 7.64. The molecule has 1 saturated carbocycles. The number of nitrogens with zero attached hydrogens (tertiary/aromatic N) is 1. The number of hydrogen-bond acceptors (Lipinski definition) is 3. The molecule has 112 valence electrons. The van der Waals surface area contributed by atoms with Gasteiger partial charge in [-0.1, -0.05) is 12.8 Å². The SMILES string of the molecule is Cc1cc(N)c(N2C(=O)CC3(CCCC3)CC2=O)cc1C. The number of hydrogen-bond donors (Lipinski definition) is 1. The zero-order valence-electron chi connectivity index (χ0n) is 12.7. The maximum Gasteiger partial charge on any atom is 0.234 e. The predicted molar refractivity (Wildman–Crippen MR) is 83.0 cm³/mol. The highest BCUT2D eigenvalue weighted by Crippen LogP contribution is 2.48. The molecule has 0 atom stereocenters. The van der Waals surface area contributed by atoms with E-state index in [0.29, 0.717) is 24.2 Å². The second-order valence-corrected chi connectivity index (χ2v) is 6.68. The van der Waals surface area contributed by atoms with Crippen LogP contribution in [0.1, 0.15) is 49.7 Å². The molecule has 0 aromatic heterocycles. The first kappa shape index (κ1) is 14.1. The van der Waals surface area contributed by atoms with Gasteiger partial charge in [-0.15, -0.1) is 0 Å². The van der Waals surface area contributed by atoms with Crippen molar-refractivity contribution in [1.82, 2.24) is 0 Å². The van der Waals surface area contributed by atoms with Crippen molar-refractivity contribution in [2.24, 2.45) is 5.41 Å². The minimum Gasteiger partial charge on any atom is -0.397 e. The number of carbonyl (C=O) groups is 2. The van der Waals surface area contributed by atoms with E-state index in [0.717, 1.165) is 36.8 Å². The Bertz CT molecular complexity index is 595. The van der Waals surface area contributed by atoms with Crippen LogP contribution in [-0.2, 0) is 9.59 Å². The van der Waals surface area contributed by atoms with Crippen LogP contribution in [0.4, 0.5) is 11.4 Å². The van der Waals surface area contributed by atoms with Gasteiger partial charge in [0.2, 0.25) is 11.8 Å². The molecule has 1 spiro atoms. The standard InChI is InChI=1S/C17H22N2O2/c1-11-7-13(18)14(8-12(11)2)19-15(20)9-17(10-16(19)21)5-3-4-6-17/h7-8H,3-6,9-10,18H2,1-2H3. The molecule has 0 bridgehead atoms. The molecule has 1 aliphatic heterocycles. The number of benzene rings is 1. The van der Waals surface area contributed by atoms with E-state index in [-0.39, 0.29) is 17.2 Å². The lowest BCUT2D eigenvalue weighted by molar-refractivity contribution is -0.133. The van der Waals surface area contributed by atoms with Crippen LogP contribution in [0.3, 0.4) is 0 Å². The third-order valence-corrected chi connectivity index (χ3v) is 5.10. The molecular formula is C17H22N2O2. The molecule has 1 saturated heterocycles. The Hall–Kier alpha value is -1.84. The third kappa shape index (κ3) is 2.33. The zero-order valence-corrected chi connectivity index (χ0v) is 12.7. The van der Waals surface area contributed by atoms with Crippen LogP contribution in [-0.4, -0.2) is 11.8 Å². The Kier molecular flexibility index (Phi) is 3.27. The molecule has 21 heavy (non-hydrogen) atoms. The Balaban J connectivity index is 1.95. The summed E-state index contributed by atoms with van der Waals surface area (Å²) in [6, 6.07) is 3.69. The second kappa shape index (κ2) is 4.86. The van der Waals surface area contributed by atoms with Crippen LogP contribution in [0.15, 0.2) is 12.1 Å². The number of piperidine rings is 1. The predicted octanol–water partition coefficient (Wildman–Crippen LogP) is 3.10.